The van der Waals surface area contributed by atoms with Crippen molar-refractivity contribution in [2.24, 2.45) is 0 Å². The highest BCUT2D eigenvalue weighted by atomic mass is 28.3. The maximum absolute atomic E-state index is 6.54. The fraction of sp³-hybridized carbons (Fsp3) is 0.500. The maximum Gasteiger partial charge on any atom is 0.284 e. The van der Waals surface area contributed by atoms with Crippen molar-refractivity contribution in [3.05, 3.63) is 47.5 Å². The van der Waals surface area contributed by atoms with E-state index >= 15 is 0 Å². The molecule has 0 bridgehead atoms. The van der Waals surface area contributed by atoms with Crippen LogP contribution in [0.15, 0.2) is 36.4 Å². The number of rotatable bonds is 6. The molecule has 2 aromatic carbocycles. The van der Waals surface area contributed by atoms with E-state index in [4.69, 9.17) is 19.4 Å². The molecule has 1 aliphatic heterocycles. The van der Waals surface area contributed by atoms with Gasteiger partial charge in [0.05, 0.1) is 22.2 Å². The average molecular weight is 597 g/mol. The molecule has 1 aromatic heterocycles. The van der Waals surface area contributed by atoms with Crippen LogP contribution in [-0.2, 0) is 0 Å². The summed E-state index contributed by atoms with van der Waals surface area (Å²) in [6.45, 7) is 28.0. The molecule has 1 aliphatic rings. The first-order valence-corrected chi connectivity index (χ1v) is 20.1. The average Bonchev–Trinajstić information content (AvgIpc) is 2.91. The molecule has 0 spiro atoms. The van der Waals surface area contributed by atoms with Gasteiger partial charge in [0, 0.05) is 0 Å². The molecule has 4 nitrogen and oxygen atoms in total. The summed E-state index contributed by atoms with van der Waals surface area (Å²) < 4.78 is 13.1. The van der Waals surface area contributed by atoms with Crippen molar-refractivity contribution >= 4 is 27.2 Å². The maximum atomic E-state index is 6.54. The largest absolute Gasteiger partial charge is 0.429 e. The predicted molar refractivity (Wildman–Crippen MR) is 182 cm³/mol. The van der Waals surface area contributed by atoms with E-state index in [2.05, 4.69) is 118 Å². The van der Waals surface area contributed by atoms with Gasteiger partial charge in [0.15, 0.2) is 11.5 Å². The zero-order chi connectivity index (χ0) is 31.0. The van der Waals surface area contributed by atoms with Crippen molar-refractivity contribution < 1.29 is 9.47 Å². The molecule has 0 fully saturated rings. The van der Waals surface area contributed by atoms with Crippen LogP contribution in [0.25, 0.3) is 11.0 Å². The number of benzene rings is 2. The number of hydrogen-bond acceptors (Lipinski definition) is 4. The molecule has 0 atom stereocenters. The lowest BCUT2D eigenvalue weighted by molar-refractivity contribution is 0.337. The third kappa shape index (κ3) is 5.52. The summed E-state index contributed by atoms with van der Waals surface area (Å²) >= 11 is 0. The Kier molecular flexibility index (Phi) is 9.31. The highest BCUT2D eigenvalue weighted by Crippen LogP contribution is 2.48. The van der Waals surface area contributed by atoms with E-state index < -0.39 is 16.1 Å². The highest BCUT2D eigenvalue weighted by molar-refractivity contribution is 6.91. The van der Waals surface area contributed by atoms with Gasteiger partial charge in [0.25, 0.3) is 11.8 Å². The standard InChI is InChI=1S/C36H48N2O2Si2/c1-23(2)41(24(3)4,25(5)6)21-19-29-17-18-30(20-22-42(26(7)8,27(9)10)28(11)12)34-33(29)39-35-36(40-34)38-32-16-14-13-15-31(32)37-35/h13-18,23-28H,1-12H3. The number of hydrogen-bond donors (Lipinski definition) is 0. The third-order valence-corrected chi connectivity index (χ3v) is 22.2. The molecule has 0 saturated carbocycles. The molecule has 2 heterocycles. The van der Waals surface area contributed by atoms with Crippen molar-refractivity contribution in [2.75, 3.05) is 0 Å². The minimum Gasteiger partial charge on any atom is -0.429 e. The fourth-order valence-corrected chi connectivity index (χ4v) is 17.9. The Bertz CT molecular complexity index is 1420. The Balaban J connectivity index is 1.95. The molecular weight excluding hydrogens is 549 g/mol. The minimum atomic E-state index is -1.96. The van der Waals surface area contributed by atoms with Gasteiger partial charge in [0.2, 0.25) is 0 Å². The van der Waals surface area contributed by atoms with Crippen LogP contribution in [0, 0.1) is 22.9 Å². The van der Waals surface area contributed by atoms with E-state index in [0.29, 0.717) is 56.5 Å². The van der Waals surface area contributed by atoms with Crippen LogP contribution < -0.4 is 9.47 Å². The monoisotopic (exact) mass is 596 g/mol. The van der Waals surface area contributed by atoms with Crippen molar-refractivity contribution in [3.63, 3.8) is 0 Å². The molecule has 0 amide bonds. The summed E-state index contributed by atoms with van der Waals surface area (Å²) in [6.07, 6.45) is 0. The van der Waals surface area contributed by atoms with Gasteiger partial charge in [-0.2, -0.15) is 0 Å². The lowest BCUT2D eigenvalue weighted by Crippen LogP contribution is -2.43. The molecule has 0 unspecified atom stereocenters. The number of para-hydroxylation sites is 2. The highest BCUT2D eigenvalue weighted by Gasteiger charge is 2.43. The molecule has 0 N–H and O–H groups in total. The summed E-state index contributed by atoms with van der Waals surface area (Å²) in [5.74, 6) is 9.12. The van der Waals surface area contributed by atoms with Crippen LogP contribution in [0.4, 0.5) is 0 Å². The topological polar surface area (TPSA) is 44.2 Å². The predicted octanol–water partition coefficient (Wildman–Crippen LogP) is 10.7. The Hall–Kier alpha value is -3.07. The molecule has 222 valence electrons. The minimum absolute atomic E-state index is 0.365. The Morgan fingerprint density at radius 3 is 1.10 bits per heavy atom. The zero-order valence-electron chi connectivity index (χ0n) is 27.6. The Morgan fingerprint density at radius 1 is 0.500 bits per heavy atom. The van der Waals surface area contributed by atoms with Crippen molar-refractivity contribution in [1.29, 1.82) is 0 Å². The van der Waals surface area contributed by atoms with Crippen LogP contribution in [0.3, 0.4) is 0 Å². The summed E-state index contributed by atoms with van der Waals surface area (Å²) in [5, 5.41) is 0. The smallest absolute Gasteiger partial charge is 0.284 e. The van der Waals surface area contributed by atoms with Gasteiger partial charge in [0.1, 0.15) is 16.1 Å². The van der Waals surface area contributed by atoms with Gasteiger partial charge in [-0.3, -0.25) is 0 Å². The third-order valence-electron chi connectivity index (χ3n) is 9.58. The zero-order valence-corrected chi connectivity index (χ0v) is 29.6. The van der Waals surface area contributed by atoms with Crippen LogP contribution in [0.5, 0.6) is 23.3 Å². The van der Waals surface area contributed by atoms with Crippen LogP contribution >= 0.6 is 0 Å². The number of nitrogens with zero attached hydrogens (tertiary/aromatic N) is 2. The molecule has 0 saturated heterocycles. The van der Waals surface area contributed by atoms with Crippen LogP contribution in [-0.4, -0.2) is 26.1 Å². The Labute approximate surface area is 256 Å². The van der Waals surface area contributed by atoms with Crippen LogP contribution in [0.1, 0.15) is 94.2 Å². The first-order valence-electron chi connectivity index (χ1n) is 15.6. The normalized spacial score (nSPS) is 13.1. The molecule has 0 radical (unpaired) electrons. The van der Waals surface area contributed by atoms with E-state index in [1.165, 1.54) is 0 Å². The van der Waals surface area contributed by atoms with Gasteiger partial charge < -0.3 is 9.47 Å². The molecule has 4 rings (SSSR count). The second-order valence-corrected chi connectivity index (χ2v) is 24.8. The van der Waals surface area contributed by atoms with Gasteiger partial charge in [-0.15, -0.1) is 11.1 Å². The van der Waals surface area contributed by atoms with Gasteiger partial charge in [-0.05, 0) is 57.5 Å². The van der Waals surface area contributed by atoms with Crippen molar-refractivity contribution in [3.8, 4) is 46.2 Å². The summed E-state index contributed by atoms with van der Waals surface area (Å²) in [6, 6.07) is 11.9. The lowest BCUT2D eigenvalue weighted by atomic mass is 10.1. The van der Waals surface area contributed by atoms with E-state index in [9.17, 15) is 0 Å². The van der Waals surface area contributed by atoms with Crippen molar-refractivity contribution in [2.45, 2.75) is 116 Å². The van der Waals surface area contributed by atoms with Crippen molar-refractivity contribution in [1.82, 2.24) is 9.97 Å². The molecule has 0 aliphatic carbocycles. The molecular formula is C36H48N2O2Si2. The number of fused-ring (bicyclic) bond motifs is 3. The second kappa shape index (κ2) is 12.3. The molecule has 42 heavy (non-hydrogen) atoms. The summed E-state index contributed by atoms with van der Waals surface area (Å²) in [4.78, 5) is 9.51. The summed E-state index contributed by atoms with van der Waals surface area (Å²) in [5.41, 5.74) is 14.1. The quantitative estimate of drug-likeness (QED) is 0.164. The number of ether oxygens (including phenoxy) is 2. The lowest BCUT2D eigenvalue weighted by Gasteiger charge is -2.38. The number of aromatic nitrogens is 2. The second-order valence-electron chi connectivity index (χ2n) is 13.6. The molecule has 6 heteroatoms. The first-order chi connectivity index (χ1) is 19.7. The van der Waals surface area contributed by atoms with Crippen LogP contribution in [0.2, 0.25) is 33.2 Å². The first kappa shape index (κ1) is 31.9. The van der Waals surface area contributed by atoms with Gasteiger partial charge >= 0.3 is 0 Å². The van der Waals surface area contributed by atoms with E-state index in [-0.39, 0.29) is 0 Å². The van der Waals surface area contributed by atoms with Gasteiger partial charge in [-0.25, -0.2) is 9.97 Å². The fourth-order valence-electron chi connectivity index (χ4n) is 7.47. The van der Waals surface area contributed by atoms with E-state index in [0.717, 1.165) is 22.2 Å². The van der Waals surface area contributed by atoms with E-state index in [1.54, 1.807) is 0 Å². The molecule has 3 aromatic rings. The van der Waals surface area contributed by atoms with Gasteiger partial charge in [-0.1, -0.05) is 107 Å². The Morgan fingerprint density at radius 2 is 0.810 bits per heavy atom. The van der Waals surface area contributed by atoms with E-state index in [1.807, 2.05) is 24.3 Å². The SMILES string of the molecule is CC(C)[Si](C#Cc1ccc(C#C[Si](C(C)C)(C(C)C)C(C)C)c2c1Oc1nc3ccccc3nc1O2)(C(C)C)C(C)C. The summed E-state index contributed by atoms with van der Waals surface area (Å²) in [7, 11) is -3.93.